The number of hydrogen-bond acceptors (Lipinski definition) is 6. The van der Waals surface area contributed by atoms with E-state index >= 15 is 0 Å². The molecule has 1 unspecified atom stereocenters. The Hall–Kier alpha value is -2.46. The number of benzene rings is 2. The lowest BCUT2D eigenvalue weighted by Crippen LogP contribution is -2.46. The molecule has 0 N–H and O–H groups in total. The number of piperazine rings is 1. The van der Waals surface area contributed by atoms with Crippen molar-refractivity contribution in [1.29, 1.82) is 0 Å². The second kappa shape index (κ2) is 9.42. The van der Waals surface area contributed by atoms with Crippen molar-refractivity contribution >= 4 is 23.8 Å². The van der Waals surface area contributed by atoms with Gasteiger partial charge in [0.2, 0.25) is 0 Å². The first kappa shape index (κ1) is 22.3. The van der Waals surface area contributed by atoms with Gasteiger partial charge in [-0.05, 0) is 36.5 Å². The summed E-state index contributed by atoms with van der Waals surface area (Å²) in [5.74, 6) is 1.93. The molecule has 2 aliphatic heterocycles. The van der Waals surface area contributed by atoms with Crippen molar-refractivity contribution in [2.45, 2.75) is 19.3 Å². The number of rotatable bonds is 5. The Morgan fingerprint density at radius 1 is 1.06 bits per heavy atom. The Balaban J connectivity index is 1.22. The lowest BCUT2D eigenvalue weighted by atomic mass is 10.2. The van der Waals surface area contributed by atoms with Crippen LogP contribution < -0.4 is 9.47 Å². The summed E-state index contributed by atoms with van der Waals surface area (Å²) in [5, 5.41) is 5.23. The first-order valence-corrected chi connectivity index (χ1v) is 11.7. The van der Waals surface area contributed by atoms with Crippen molar-refractivity contribution in [1.82, 2.24) is 24.1 Å². The minimum absolute atomic E-state index is 0.256. The Morgan fingerprint density at radius 3 is 2.55 bits per heavy atom. The Kier molecular flexibility index (Phi) is 6.38. The summed E-state index contributed by atoms with van der Waals surface area (Å²) in [6, 6.07) is 12.4. The zero-order valence-corrected chi connectivity index (χ0v) is 19.9. The van der Waals surface area contributed by atoms with Crippen LogP contribution in [0.15, 0.2) is 42.5 Å². The number of aromatic nitrogens is 3. The molecule has 7 nitrogen and oxygen atoms in total. The molecular weight excluding hydrogens is 465 g/mol. The standard InChI is InChI=1S/C23H25ClFN5O2S/c1-27-22(21-14-31-19-7-2-3-8-20(19)32-21)26-30(23(27)33)15-29-11-9-28(10-12-29)13-16-17(24)5-4-6-18(16)25/h2-8,21H,9-15H2,1H3. The Bertz CT molecular complexity index is 1190. The van der Waals surface area contributed by atoms with E-state index in [2.05, 4.69) is 9.80 Å². The van der Waals surface area contributed by atoms with Crippen LogP contribution in [0.2, 0.25) is 5.02 Å². The van der Waals surface area contributed by atoms with E-state index < -0.39 is 0 Å². The van der Waals surface area contributed by atoms with Crippen LogP contribution in [0, 0.1) is 10.6 Å². The van der Waals surface area contributed by atoms with Crippen molar-refractivity contribution in [3.8, 4) is 11.5 Å². The number of fused-ring (bicyclic) bond motifs is 1. The molecule has 3 aromatic rings. The van der Waals surface area contributed by atoms with Gasteiger partial charge in [-0.2, -0.15) is 5.10 Å². The Labute approximate surface area is 201 Å². The molecule has 0 aliphatic carbocycles. The third-order valence-corrected chi connectivity index (χ3v) is 6.95. The highest BCUT2D eigenvalue weighted by Crippen LogP contribution is 2.35. The normalized spacial score (nSPS) is 19.1. The van der Waals surface area contributed by atoms with Crippen molar-refractivity contribution < 1.29 is 13.9 Å². The molecule has 0 amide bonds. The fourth-order valence-electron chi connectivity index (χ4n) is 4.21. The van der Waals surface area contributed by atoms with Gasteiger partial charge < -0.3 is 14.0 Å². The van der Waals surface area contributed by atoms with Gasteiger partial charge in [0.1, 0.15) is 12.4 Å². The highest BCUT2D eigenvalue weighted by Gasteiger charge is 2.28. The zero-order valence-electron chi connectivity index (χ0n) is 18.3. The van der Waals surface area contributed by atoms with Crippen LogP contribution in [-0.2, 0) is 20.3 Å². The van der Waals surface area contributed by atoms with E-state index in [-0.39, 0.29) is 11.9 Å². The van der Waals surface area contributed by atoms with Gasteiger partial charge in [-0.25, -0.2) is 9.07 Å². The quantitative estimate of drug-likeness (QED) is 0.504. The first-order valence-electron chi connectivity index (χ1n) is 10.9. The van der Waals surface area contributed by atoms with E-state index in [1.807, 2.05) is 40.6 Å². The van der Waals surface area contributed by atoms with E-state index in [9.17, 15) is 4.39 Å². The zero-order chi connectivity index (χ0) is 22.9. The molecule has 0 spiro atoms. The topological polar surface area (TPSA) is 47.7 Å². The SMILES string of the molecule is Cn1c(C2COc3ccccc3O2)nn(CN2CCN(Cc3c(F)cccc3Cl)CC2)c1=S. The average molecular weight is 490 g/mol. The summed E-state index contributed by atoms with van der Waals surface area (Å²) in [5.41, 5.74) is 0.556. The molecule has 2 aromatic carbocycles. The predicted octanol–water partition coefficient (Wildman–Crippen LogP) is 4.03. The molecule has 1 saturated heterocycles. The fourth-order valence-corrected chi connectivity index (χ4v) is 4.62. The number of hydrogen-bond donors (Lipinski definition) is 0. The molecule has 0 bridgehead atoms. The summed E-state index contributed by atoms with van der Waals surface area (Å²) in [7, 11) is 1.90. The fraction of sp³-hybridized carbons (Fsp3) is 0.391. The second-order valence-corrected chi connectivity index (χ2v) is 9.07. The third kappa shape index (κ3) is 4.63. The van der Waals surface area contributed by atoms with Crippen LogP contribution in [-0.4, -0.2) is 56.9 Å². The van der Waals surface area contributed by atoms with Crippen molar-refractivity contribution in [2.75, 3.05) is 32.8 Å². The van der Waals surface area contributed by atoms with E-state index in [0.717, 1.165) is 37.8 Å². The van der Waals surface area contributed by atoms with Gasteiger partial charge in [0, 0.05) is 50.4 Å². The van der Waals surface area contributed by atoms with E-state index in [1.165, 1.54) is 6.07 Å². The maximum absolute atomic E-state index is 14.1. The van der Waals surface area contributed by atoms with Crippen LogP contribution in [0.5, 0.6) is 11.5 Å². The highest BCUT2D eigenvalue weighted by atomic mass is 35.5. The van der Waals surface area contributed by atoms with E-state index in [0.29, 0.717) is 40.9 Å². The monoisotopic (exact) mass is 489 g/mol. The van der Waals surface area contributed by atoms with Crippen molar-refractivity contribution in [3.63, 3.8) is 0 Å². The summed E-state index contributed by atoms with van der Waals surface area (Å²) >= 11 is 11.8. The second-order valence-electron chi connectivity index (χ2n) is 8.30. The number of ether oxygens (including phenoxy) is 2. The number of nitrogens with zero attached hydrogens (tertiary/aromatic N) is 5. The molecule has 2 aliphatic rings. The minimum Gasteiger partial charge on any atom is -0.485 e. The van der Waals surface area contributed by atoms with E-state index in [4.69, 9.17) is 38.4 Å². The molecular formula is C23H25ClFN5O2S. The van der Waals surface area contributed by atoms with Crippen molar-refractivity contribution in [3.05, 3.63) is 69.5 Å². The summed E-state index contributed by atoms with van der Waals surface area (Å²) < 4.78 is 30.4. The van der Waals surface area contributed by atoms with Crippen LogP contribution in [0.3, 0.4) is 0 Å². The maximum atomic E-state index is 14.1. The lowest BCUT2D eigenvalue weighted by Gasteiger charge is -2.34. The van der Waals surface area contributed by atoms with Gasteiger partial charge >= 0.3 is 0 Å². The summed E-state index contributed by atoms with van der Waals surface area (Å²) in [6.45, 7) is 4.76. The third-order valence-electron chi connectivity index (χ3n) is 6.11. The highest BCUT2D eigenvalue weighted by molar-refractivity contribution is 7.71. The van der Waals surface area contributed by atoms with Gasteiger partial charge in [-0.3, -0.25) is 9.80 Å². The van der Waals surface area contributed by atoms with Gasteiger partial charge in [-0.15, -0.1) is 0 Å². The number of para-hydroxylation sites is 2. The van der Waals surface area contributed by atoms with Gasteiger partial charge in [0.25, 0.3) is 0 Å². The largest absolute Gasteiger partial charge is 0.485 e. The van der Waals surface area contributed by atoms with Crippen LogP contribution in [0.4, 0.5) is 4.39 Å². The molecule has 0 saturated carbocycles. The first-order chi connectivity index (χ1) is 16.0. The van der Waals surface area contributed by atoms with Crippen molar-refractivity contribution in [2.24, 2.45) is 7.05 Å². The van der Waals surface area contributed by atoms with Crippen LogP contribution >= 0.6 is 23.8 Å². The van der Waals surface area contributed by atoms with Crippen LogP contribution in [0.1, 0.15) is 17.5 Å². The lowest BCUT2D eigenvalue weighted by molar-refractivity contribution is 0.0803. The Morgan fingerprint density at radius 2 is 1.79 bits per heavy atom. The molecule has 5 rings (SSSR count). The van der Waals surface area contributed by atoms with Crippen LogP contribution in [0.25, 0.3) is 0 Å². The summed E-state index contributed by atoms with van der Waals surface area (Å²) in [4.78, 5) is 4.51. The molecule has 10 heteroatoms. The molecule has 174 valence electrons. The smallest absolute Gasteiger partial charge is 0.198 e. The van der Waals surface area contributed by atoms with Gasteiger partial charge in [-0.1, -0.05) is 29.8 Å². The average Bonchev–Trinajstić information content (AvgIpc) is 3.11. The number of halogens is 2. The predicted molar refractivity (Wildman–Crippen MR) is 126 cm³/mol. The van der Waals surface area contributed by atoms with Gasteiger partial charge in [0.05, 0.1) is 6.67 Å². The molecule has 1 atom stereocenters. The van der Waals surface area contributed by atoms with Gasteiger partial charge in [0.15, 0.2) is 28.2 Å². The molecule has 0 radical (unpaired) electrons. The molecule has 1 fully saturated rings. The summed E-state index contributed by atoms with van der Waals surface area (Å²) in [6.07, 6.45) is -0.324. The molecule has 3 heterocycles. The molecule has 1 aromatic heterocycles. The molecule has 33 heavy (non-hydrogen) atoms. The maximum Gasteiger partial charge on any atom is 0.198 e. The minimum atomic E-state index is -0.324. The van der Waals surface area contributed by atoms with E-state index in [1.54, 1.807) is 12.1 Å².